The smallest absolute Gasteiger partial charge is 0.149 e. The Hall–Kier alpha value is -2.47. The first kappa shape index (κ1) is 16.0. The van der Waals surface area contributed by atoms with Crippen molar-refractivity contribution in [3.8, 4) is 0 Å². The average molecular weight is 340 g/mol. The van der Waals surface area contributed by atoms with Crippen LogP contribution in [0.3, 0.4) is 0 Å². The van der Waals surface area contributed by atoms with Gasteiger partial charge in [-0.3, -0.25) is 4.68 Å². The first-order chi connectivity index (χ1) is 12.1. The van der Waals surface area contributed by atoms with Crippen LogP contribution in [-0.2, 0) is 7.05 Å². The number of halogens is 1. The fourth-order valence-electron chi connectivity index (χ4n) is 3.84. The summed E-state index contributed by atoms with van der Waals surface area (Å²) in [6.45, 7) is 3.50. The topological polar surface area (TPSA) is 54.2 Å². The highest BCUT2D eigenvalue weighted by Crippen LogP contribution is 2.38. The number of nitrogens with zero attached hydrogens (tertiary/aromatic N) is 4. The molecule has 0 spiro atoms. The summed E-state index contributed by atoms with van der Waals surface area (Å²) in [5.41, 5.74) is 3.30. The molecule has 0 amide bonds. The van der Waals surface area contributed by atoms with Gasteiger partial charge in [-0.2, -0.15) is 5.10 Å². The summed E-state index contributed by atoms with van der Waals surface area (Å²) in [6, 6.07) is 7.07. The van der Waals surface area contributed by atoms with E-state index in [-0.39, 0.29) is 24.3 Å². The lowest BCUT2D eigenvalue weighted by atomic mass is 9.92. The molecule has 2 atom stereocenters. The summed E-state index contributed by atoms with van der Waals surface area (Å²) in [5.74, 6) is 0.0289. The van der Waals surface area contributed by atoms with Crippen molar-refractivity contribution >= 4 is 16.6 Å². The van der Waals surface area contributed by atoms with Crippen molar-refractivity contribution in [2.45, 2.75) is 12.8 Å². The summed E-state index contributed by atoms with van der Waals surface area (Å²) < 4.78 is 16.0. The summed E-state index contributed by atoms with van der Waals surface area (Å²) in [4.78, 5) is 6.59. The molecule has 0 bridgehead atoms. The quantitative estimate of drug-likeness (QED) is 0.796. The maximum absolute atomic E-state index is 14.2. The zero-order chi connectivity index (χ0) is 17.6. The van der Waals surface area contributed by atoms with Crippen molar-refractivity contribution in [2.24, 2.45) is 13.0 Å². The molecule has 1 aliphatic rings. The molecule has 1 fully saturated rings. The maximum Gasteiger partial charge on any atom is 0.149 e. The zero-order valence-electron chi connectivity index (χ0n) is 14.4. The normalized spacial score (nSPS) is 20.6. The van der Waals surface area contributed by atoms with Crippen LogP contribution in [0, 0.1) is 18.7 Å². The third kappa shape index (κ3) is 2.76. The Bertz CT molecular complexity index is 923. The van der Waals surface area contributed by atoms with Crippen LogP contribution in [0.1, 0.15) is 17.2 Å². The highest BCUT2D eigenvalue weighted by molar-refractivity contribution is 5.92. The van der Waals surface area contributed by atoms with Crippen molar-refractivity contribution in [2.75, 3.05) is 24.6 Å². The molecule has 1 aliphatic heterocycles. The van der Waals surface area contributed by atoms with E-state index in [1.54, 1.807) is 10.7 Å². The summed E-state index contributed by atoms with van der Waals surface area (Å²) >= 11 is 0. The molecular weight excluding hydrogens is 319 g/mol. The molecule has 6 heteroatoms. The van der Waals surface area contributed by atoms with E-state index in [0.29, 0.717) is 5.52 Å². The number of fused-ring (bicyclic) bond motifs is 1. The van der Waals surface area contributed by atoms with Crippen molar-refractivity contribution in [1.29, 1.82) is 0 Å². The minimum absolute atomic E-state index is 0.117. The molecule has 130 valence electrons. The average Bonchev–Trinajstić information content (AvgIpc) is 3.21. The summed E-state index contributed by atoms with van der Waals surface area (Å²) in [7, 11) is 1.90. The number of aliphatic hydroxyl groups excluding tert-OH is 1. The van der Waals surface area contributed by atoms with Crippen LogP contribution in [0.4, 0.5) is 10.1 Å². The van der Waals surface area contributed by atoms with E-state index >= 15 is 0 Å². The molecule has 1 N–H and O–H groups in total. The number of anilines is 1. The number of benzene rings is 1. The van der Waals surface area contributed by atoms with Crippen molar-refractivity contribution in [3.63, 3.8) is 0 Å². The van der Waals surface area contributed by atoms with E-state index in [9.17, 15) is 9.50 Å². The third-order valence-corrected chi connectivity index (χ3v) is 5.07. The third-order valence-electron chi connectivity index (χ3n) is 5.07. The van der Waals surface area contributed by atoms with E-state index in [4.69, 9.17) is 0 Å². The predicted molar refractivity (Wildman–Crippen MR) is 95.2 cm³/mol. The standard InChI is InChI=1S/C19H21FN4O/c1-12-6-18(15-4-3-5-17(20)19(15)22-12)24-9-14(11-25)16(10-24)13-7-21-23(2)8-13/h3-8,14,16,25H,9-11H2,1-2H3/t14-,16-/m0/s1. The SMILES string of the molecule is Cc1cc(N2C[C@@H](CO)[C@H](c3cnn(C)c3)C2)c2cccc(F)c2n1. The number of aliphatic hydroxyl groups is 1. The molecule has 1 aromatic carbocycles. The molecule has 0 radical (unpaired) electrons. The van der Waals surface area contributed by atoms with Crippen molar-refractivity contribution in [3.05, 3.63) is 53.7 Å². The molecule has 0 aliphatic carbocycles. The minimum Gasteiger partial charge on any atom is -0.396 e. The van der Waals surface area contributed by atoms with E-state index in [1.165, 1.54) is 6.07 Å². The molecule has 2 aromatic heterocycles. The fourth-order valence-corrected chi connectivity index (χ4v) is 3.84. The second kappa shape index (κ2) is 6.11. The lowest BCUT2D eigenvalue weighted by molar-refractivity contribution is 0.227. The number of aromatic nitrogens is 3. The van der Waals surface area contributed by atoms with Crippen LogP contribution < -0.4 is 4.90 Å². The monoisotopic (exact) mass is 340 g/mol. The molecule has 0 unspecified atom stereocenters. The van der Waals surface area contributed by atoms with Gasteiger partial charge in [0.05, 0.1) is 6.20 Å². The van der Waals surface area contributed by atoms with Crippen LogP contribution in [0.2, 0.25) is 0 Å². The summed E-state index contributed by atoms with van der Waals surface area (Å²) in [6.07, 6.45) is 3.87. The van der Waals surface area contributed by atoms with Crippen LogP contribution in [0.25, 0.3) is 10.9 Å². The molecule has 4 rings (SSSR count). The number of rotatable bonds is 3. The molecule has 25 heavy (non-hydrogen) atoms. The zero-order valence-corrected chi connectivity index (χ0v) is 14.4. The van der Waals surface area contributed by atoms with Gasteiger partial charge >= 0.3 is 0 Å². The maximum atomic E-state index is 14.2. The van der Waals surface area contributed by atoms with Gasteiger partial charge in [-0.15, -0.1) is 0 Å². The first-order valence-electron chi connectivity index (χ1n) is 8.47. The molecule has 0 saturated carbocycles. The Labute approximate surface area is 145 Å². The Morgan fingerprint density at radius 1 is 1.32 bits per heavy atom. The van der Waals surface area contributed by atoms with Gasteiger partial charge in [-0.25, -0.2) is 9.37 Å². The lowest BCUT2D eigenvalue weighted by Gasteiger charge is -2.21. The van der Waals surface area contributed by atoms with Crippen LogP contribution in [-0.4, -0.2) is 39.6 Å². The largest absolute Gasteiger partial charge is 0.396 e. The van der Waals surface area contributed by atoms with E-state index in [2.05, 4.69) is 15.0 Å². The Balaban J connectivity index is 1.76. The van der Waals surface area contributed by atoms with Crippen LogP contribution in [0.15, 0.2) is 36.7 Å². The Morgan fingerprint density at radius 3 is 2.88 bits per heavy atom. The van der Waals surface area contributed by atoms with Gasteiger partial charge in [0.15, 0.2) is 0 Å². The second-order valence-electron chi connectivity index (χ2n) is 6.82. The molecule has 5 nitrogen and oxygen atoms in total. The van der Waals surface area contributed by atoms with E-state index < -0.39 is 0 Å². The van der Waals surface area contributed by atoms with Crippen molar-refractivity contribution in [1.82, 2.24) is 14.8 Å². The number of aryl methyl sites for hydroxylation is 2. The first-order valence-corrected chi connectivity index (χ1v) is 8.47. The summed E-state index contributed by atoms with van der Waals surface area (Å²) in [5, 5.41) is 14.9. The van der Waals surface area contributed by atoms with Gasteiger partial charge in [0.25, 0.3) is 0 Å². The molecule has 3 aromatic rings. The van der Waals surface area contributed by atoms with Gasteiger partial charge < -0.3 is 10.0 Å². The second-order valence-corrected chi connectivity index (χ2v) is 6.82. The van der Waals surface area contributed by atoms with E-state index in [0.717, 1.165) is 35.4 Å². The van der Waals surface area contributed by atoms with Gasteiger partial charge in [-0.1, -0.05) is 12.1 Å². The molecule has 1 saturated heterocycles. The highest BCUT2D eigenvalue weighted by Gasteiger charge is 2.35. The van der Waals surface area contributed by atoms with Gasteiger partial charge in [0, 0.05) is 61.5 Å². The number of pyridine rings is 1. The number of hydrogen-bond donors (Lipinski definition) is 1. The fraction of sp³-hybridized carbons (Fsp3) is 0.368. The van der Waals surface area contributed by atoms with Crippen molar-refractivity contribution < 1.29 is 9.50 Å². The number of para-hydroxylation sites is 1. The predicted octanol–water partition coefficient (Wildman–Crippen LogP) is 2.63. The van der Waals surface area contributed by atoms with E-state index in [1.807, 2.05) is 38.5 Å². The van der Waals surface area contributed by atoms with Gasteiger partial charge in [0.1, 0.15) is 11.3 Å². The van der Waals surface area contributed by atoms with Crippen LogP contribution >= 0.6 is 0 Å². The Morgan fingerprint density at radius 2 is 2.16 bits per heavy atom. The van der Waals surface area contributed by atoms with Crippen LogP contribution in [0.5, 0.6) is 0 Å². The van der Waals surface area contributed by atoms with Gasteiger partial charge in [-0.05, 0) is 24.6 Å². The molecule has 3 heterocycles. The molecular formula is C19H21FN4O. The Kier molecular flexibility index (Phi) is 3.92. The highest BCUT2D eigenvalue weighted by atomic mass is 19.1. The van der Waals surface area contributed by atoms with Gasteiger partial charge in [0.2, 0.25) is 0 Å². The minimum atomic E-state index is -0.302. The lowest BCUT2D eigenvalue weighted by Crippen LogP contribution is -2.21. The number of hydrogen-bond acceptors (Lipinski definition) is 4.